The van der Waals surface area contributed by atoms with Crippen molar-refractivity contribution in [2.45, 2.75) is 39.0 Å². The predicted octanol–water partition coefficient (Wildman–Crippen LogP) is 5.58. The first-order chi connectivity index (χ1) is 14.3. The molecule has 2 rings (SSSR count). The van der Waals surface area contributed by atoms with Crippen LogP contribution in [0.2, 0.25) is 10.0 Å². The molecular weight excluding hydrogens is 419 g/mol. The molecule has 0 bridgehead atoms. The molecule has 0 spiro atoms. The van der Waals surface area contributed by atoms with Crippen LogP contribution in [-0.2, 0) is 16.0 Å². The third-order valence-corrected chi connectivity index (χ3v) is 5.82. The number of amides is 1. The third kappa shape index (κ3) is 7.19. The monoisotopic (exact) mass is 446 g/mol. The third-order valence-electron chi connectivity index (χ3n) is 5.35. The van der Waals surface area contributed by atoms with Crippen molar-refractivity contribution in [3.63, 3.8) is 0 Å². The van der Waals surface area contributed by atoms with Crippen molar-refractivity contribution in [1.82, 2.24) is 5.32 Å². The second kappa shape index (κ2) is 11.8. The molecule has 0 aliphatic carbocycles. The van der Waals surface area contributed by atoms with Crippen LogP contribution >= 0.6 is 23.2 Å². The Morgan fingerprint density at radius 1 is 1.17 bits per heavy atom. The van der Waals surface area contributed by atoms with E-state index in [1.807, 2.05) is 50.3 Å². The Balaban J connectivity index is 2.16. The molecule has 0 saturated carbocycles. The van der Waals surface area contributed by atoms with E-state index in [9.17, 15) is 9.59 Å². The van der Waals surface area contributed by atoms with Gasteiger partial charge in [-0.3, -0.25) is 4.79 Å². The molecule has 0 heterocycles. The van der Waals surface area contributed by atoms with E-state index in [-0.39, 0.29) is 24.2 Å². The molecule has 1 unspecified atom stereocenters. The van der Waals surface area contributed by atoms with Crippen molar-refractivity contribution in [1.29, 1.82) is 0 Å². The van der Waals surface area contributed by atoms with Crippen LogP contribution in [0.25, 0.3) is 0 Å². The molecule has 30 heavy (non-hydrogen) atoms. The van der Waals surface area contributed by atoms with Gasteiger partial charge in [-0.1, -0.05) is 53.1 Å². The van der Waals surface area contributed by atoms with Crippen LogP contribution in [0.1, 0.15) is 43.7 Å². The van der Waals surface area contributed by atoms with E-state index in [2.05, 4.69) is 5.32 Å². The number of aldehydes is 1. The Bertz CT molecular complexity index is 912. The highest BCUT2D eigenvalue weighted by molar-refractivity contribution is 6.31. The lowest BCUT2D eigenvalue weighted by Gasteiger charge is -2.20. The fourth-order valence-corrected chi connectivity index (χ4v) is 3.78. The lowest BCUT2D eigenvalue weighted by atomic mass is 9.88. The molecule has 0 aliphatic heterocycles. The SMILES string of the molecule is C/C=C(\C)C(CC=O)CNC(=O)C[C@H](Cc1ccc(Cl)cc1N)c1cccc(Cl)c1. The molecule has 3 N–H and O–H groups in total. The van der Waals surface area contributed by atoms with Gasteiger partial charge >= 0.3 is 0 Å². The smallest absolute Gasteiger partial charge is 0.220 e. The fourth-order valence-electron chi connectivity index (χ4n) is 3.40. The zero-order valence-corrected chi connectivity index (χ0v) is 18.8. The van der Waals surface area contributed by atoms with Crippen molar-refractivity contribution >= 4 is 41.1 Å². The van der Waals surface area contributed by atoms with Crippen LogP contribution in [0.3, 0.4) is 0 Å². The zero-order chi connectivity index (χ0) is 22.1. The summed E-state index contributed by atoms with van der Waals surface area (Å²) in [6, 6.07) is 12.9. The second-order valence-electron chi connectivity index (χ2n) is 7.44. The number of carbonyl (C=O) groups excluding carboxylic acids is 2. The molecule has 4 nitrogen and oxygen atoms in total. The number of carbonyl (C=O) groups is 2. The molecule has 0 radical (unpaired) electrons. The van der Waals surface area contributed by atoms with Crippen molar-refractivity contribution in [3.05, 3.63) is 75.3 Å². The van der Waals surface area contributed by atoms with Gasteiger partial charge in [0.2, 0.25) is 5.91 Å². The van der Waals surface area contributed by atoms with E-state index < -0.39 is 0 Å². The van der Waals surface area contributed by atoms with Crippen molar-refractivity contribution in [2.24, 2.45) is 5.92 Å². The number of hydrogen-bond acceptors (Lipinski definition) is 3. The standard InChI is InChI=1S/C24H28Cl2N2O2/c1-3-16(2)19(9-10-29)15-28-24(30)13-20(17-5-4-6-21(25)12-17)11-18-7-8-22(26)14-23(18)27/h3-8,10,12,14,19-20H,9,11,13,15,27H2,1-2H3,(H,28,30)/b16-3+/t19?,20-/m0/s1. The average Bonchev–Trinajstić information content (AvgIpc) is 2.71. The Morgan fingerprint density at radius 2 is 1.90 bits per heavy atom. The molecule has 6 heteroatoms. The largest absolute Gasteiger partial charge is 0.398 e. The van der Waals surface area contributed by atoms with Gasteiger partial charge in [0.1, 0.15) is 6.29 Å². The fraction of sp³-hybridized carbons (Fsp3) is 0.333. The normalized spacial score (nSPS) is 13.5. The van der Waals surface area contributed by atoms with E-state index >= 15 is 0 Å². The van der Waals surface area contributed by atoms with Crippen LogP contribution in [0, 0.1) is 5.92 Å². The molecule has 2 aromatic rings. The molecule has 0 aliphatic rings. The summed E-state index contributed by atoms with van der Waals surface area (Å²) < 4.78 is 0. The van der Waals surface area contributed by atoms with Gasteiger partial charge in [-0.05, 0) is 61.6 Å². The zero-order valence-electron chi connectivity index (χ0n) is 17.3. The highest BCUT2D eigenvalue weighted by atomic mass is 35.5. The number of nitrogen functional groups attached to an aromatic ring is 1. The van der Waals surface area contributed by atoms with Crippen LogP contribution < -0.4 is 11.1 Å². The van der Waals surface area contributed by atoms with E-state index in [0.29, 0.717) is 35.1 Å². The Kier molecular flexibility index (Phi) is 9.41. The van der Waals surface area contributed by atoms with Crippen LogP contribution in [0.4, 0.5) is 5.69 Å². The van der Waals surface area contributed by atoms with E-state index in [1.54, 1.807) is 12.1 Å². The van der Waals surface area contributed by atoms with Gasteiger partial charge in [0.25, 0.3) is 0 Å². The molecule has 2 atom stereocenters. The molecule has 0 aromatic heterocycles. The summed E-state index contributed by atoms with van der Waals surface area (Å²) in [5, 5.41) is 4.18. The highest BCUT2D eigenvalue weighted by Gasteiger charge is 2.20. The second-order valence-corrected chi connectivity index (χ2v) is 8.31. The summed E-state index contributed by atoms with van der Waals surface area (Å²) in [4.78, 5) is 23.7. The van der Waals surface area contributed by atoms with Gasteiger partial charge in [-0.2, -0.15) is 0 Å². The van der Waals surface area contributed by atoms with E-state index in [1.165, 1.54) is 0 Å². The first kappa shape index (κ1) is 24.0. The summed E-state index contributed by atoms with van der Waals surface area (Å²) >= 11 is 12.2. The molecular formula is C24H28Cl2N2O2. The van der Waals surface area contributed by atoms with Gasteiger partial charge in [0.15, 0.2) is 0 Å². The van der Waals surface area contributed by atoms with E-state index in [0.717, 1.165) is 23.0 Å². The number of rotatable bonds is 10. The number of nitrogens with two attached hydrogens (primary N) is 1. The highest BCUT2D eigenvalue weighted by Crippen LogP contribution is 2.30. The molecule has 1 amide bonds. The predicted molar refractivity (Wildman–Crippen MR) is 125 cm³/mol. The summed E-state index contributed by atoms with van der Waals surface area (Å²) in [5.74, 6) is -0.167. The number of nitrogens with one attached hydrogen (secondary N) is 1. The lowest BCUT2D eigenvalue weighted by molar-refractivity contribution is -0.121. The Morgan fingerprint density at radius 3 is 2.53 bits per heavy atom. The minimum Gasteiger partial charge on any atom is -0.398 e. The van der Waals surface area contributed by atoms with Crippen molar-refractivity contribution in [3.8, 4) is 0 Å². The van der Waals surface area contributed by atoms with E-state index in [4.69, 9.17) is 28.9 Å². The van der Waals surface area contributed by atoms with Gasteiger partial charge in [-0.25, -0.2) is 0 Å². The minimum absolute atomic E-state index is 0.00739. The summed E-state index contributed by atoms with van der Waals surface area (Å²) in [6.07, 6.45) is 4.11. The maximum absolute atomic E-state index is 12.8. The molecule has 0 saturated heterocycles. The number of halogens is 2. The first-order valence-electron chi connectivity index (χ1n) is 9.96. The van der Waals surface area contributed by atoms with Gasteiger partial charge in [0, 0.05) is 41.0 Å². The van der Waals surface area contributed by atoms with Crippen molar-refractivity contribution < 1.29 is 9.59 Å². The van der Waals surface area contributed by atoms with Gasteiger partial charge in [-0.15, -0.1) is 0 Å². The van der Waals surface area contributed by atoms with Crippen LogP contribution in [0.15, 0.2) is 54.1 Å². The van der Waals surface area contributed by atoms with Gasteiger partial charge in [0.05, 0.1) is 0 Å². The average molecular weight is 447 g/mol. The topological polar surface area (TPSA) is 72.2 Å². The number of anilines is 1. The summed E-state index contributed by atoms with van der Waals surface area (Å²) in [6.45, 7) is 4.33. The quantitative estimate of drug-likeness (QED) is 0.284. The summed E-state index contributed by atoms with van der Waals surface area (Å²) in [7, 11) is 0. The lowest BCUT2D eigenvalue weighted by Crippen LogP contribution is -2.31. The molecule has 2 aromatic carbocycles. The van der Waals surface area contributed by atoms with Crippen LogP contribution in [-0.4, -0.2) is 18.7 Å². The summed E-state index contributed by atoms with van der Waals surface area (Å²) in [5.41, 5.74) is 9.73. The first-order valence-corrected chi connectivity index (χ1v) is 10.7. The number of allylic oxidation sites excluding steroid dienone is 1. The minimum atomic E-state index is -0.0977. The van der Waals surface area contributed by atoms with Crippen LogP contribution in [0.5, 0.6) is 0 Å². The van der Waals surface area contributed by atoms with Crippen molar-refractivity contribution in [2.75, 3.05) is 12.3 Å². The maximum atomic E-state index is 12.8. The number of hydrogen-bond donors (Lipinski definition) is 2. The Labute approximate surface area is 188 Å². The number of benzene rings is 2. The maximum Gasteiger partial charge on any atom is 0.220 e. The van der Waals surface area contributed by atoms with Gasteiger partial charge < -0.3 is 15.8 Å². The molecule has 160 valence electrons. The Hall–Kier alpha value is -2.30. The molecule has 0 fully saturated rings.